The van der Waals surface area contributed by atoms with Gasteiger partial charge >= 0.3 is 0 Å². The monoisotopic (exact) mass is 286 g/mol. The summed E-state index contributed by atoms with van der Waals surface area (Å²) in [5.74, 6) is 2.04. The fourth-order valence-electron chi connectivity index (χ4n) is 2.77. The van der Waals surface area contributed by atoms with Crippen molar-refractivity contribution in [1.82, 2.24) is 15.0 Å². The molecule has 2 N–H and O–H groups in total. The number of benzene rings is 1. The average molecular weight is 286 g/mol. The van der Waals surface area contributed by atoms with E-state index in [4.69, 9.17) is 10.3 Å². The van der Waals surface area contributed by atoms with Crippen molar-refractivity contribution in [1.29, 1.82) is 0 Å². The van der Waals surface area contributed by atoms with Crippen molar-refractivity contribution in [2.45, 2.75) is 32.4 Å². The Balaban J connectivity index is 1.70. The van der Waals surface area contributed by atoms with Gasteiger partial charge in [0.2, 0.25) is 0 Å². The second-order valence-corrected chi connectivity index (χ2v) is 5.94. The lowest BCUT2D eigenvalue weighted by Crippen LogP contribution is -2.39. The third-order valence-corrected chi connectivity index (χ3v) is 4.10. The molecule has 0 saturated heterocycles. The standard InChI is InChI=1S/C16H22N4O/c1-11-4-3-5-13(8-11)16-18-15(19-21-16)10-20(2)14(9-17)12-6-7-12/h3-5,8,12,14H,6-7,9-10,17H2,1-2H3. The highest BCUT2D eigenvalue weighted by Crippen LogP contribution is 2.34. The van der Waals surface area contributed by atoms with Crippen LogP contribution in [0.1, 0.15) is 24.2 Å². The van der Waals surface area contributed by atoms with Crippen LogP contribution in [0.4, 0.5) is 0 Å². The molecular formula is C16H22N4O. The van der Waals surface area contributed by atoms with Crippen molar-refractivity contribution in [2.75, 3.05) is 13.6 Å². The van der Waals surface area contributed by atoms with E-state index >= 15 is 0 Å². The van der Waals surface area contributed by atoms with E-state index in [-0.39, 0.29) is 0 Å². The Bertz CT molecular complexity index is 606. The number of hydrogen-bond donors (Lipinski definition) is 1. The van der Waals surface area contributed by atoms with Gasteiger partial charge in [0.15, 0.2) is 5.82 Å². The Morgan fingerprint density at radius 3 is 2.90 bits per heavy atom. The molecule has 0 radical (unpaired) electrons. The number of hydrogen-bond acceptors (Lipinski definition) is 5. The lowest BCUT2D eigenvalue weighted by Gasteiger charge is -2.25. The number of nitrogens with zero attached hydrogens (tertiary/aromatic N) is 3. The zero-order valence-electron chi connectivity index (χ0n) is 12.6. The maximum Gasteiger partial charge on any atom is 0.257 e. The summed E-state index contributed by atoms with van der Waals surface area (Å²) in [6.07, 6.45) is 2.57. The van der Waals surface area contributed by atoms with Gasteiger partial charge in [0, 0.05) is 18.2 Å². The van der Waals surface area contributed by atoms with Gasteiger partial charge in [-0.15, -0.1) is 0 Å². The summed E-state index contributed by atoms with van der Waals surface area (Å²) in [6.45, 7) is 3.41. The lowest BCUT2D eigenvalue weighted by atomic mass is 10.1. The van der Waals surface area contributed by atoms with Crippen LogP contribution in [0.15, 0.2) is 28.8 Å². The minimum absolute atomic E-state index is 0.422. The number of nitrogens with two attached hydrogens (primary N) is 1. The van der Waals surface area contributed by atoms with Gasteiger partial charge in [-0.2, -0.15) is 4.98 Å². The molecule has 1 saturated carbocycles. The number of likely N-dealkylation sites (N-methyl/N-ethyl adjacent to an activating group) is 1. The highest BCUT2D eigenvalue weighted by Gasteiger charge is 2.33. The van der Waals surface area contributed by atoms with Gasteiger partial charge < -0.3 is 10.3 Å². The summed E-state index contributed by atoms with van der Waals surface area (Å²) in [6, 6.07) is 8.51. The fraction of sp³-hybridized carbons (Fsp3) is 0.500. The molecule has 5 nitrogen and oxygen atoms in total. The zero-order valence-corrected chi connectivity index (χ0v) is 12.6. The molecule has 0 amide bonds. The minimum atomic E-state index is 0.422. The second kappa shape index (κ2) is 5.95. The molecule has 2 aromatic rings. The van der Waals surface area contributed by atoms with Crippen molar-refractivity contribution < 1.29 is 4.52 Å². The Labute approximate surface area is 125 Å². The van der Waals surface area contributed by atoms with E-state index in [2.05, 4.69) is 35.1 Å². The molecule has 1 atom stereocenters. The summed E-state index contributed by atoms with van der Waals surface area (Å²) in [7, 11) is 2.08. The first kappa shape index (κ1) is 14.2. The van der Waals surface area contributed by atoms with Gasteiger partial charge in [0.05, 0.1) is 6.54 Å². The molecule has 1 fully saturated rings. The maximum absolute atomic E-state index is 5.88. The summed E-state index contributed by atoms with van der Waals surface area (Å²) < 4.78 is 5.38. The van der Waals surface area contributed by atoms with E-state index < -0.39 is 0 Å². The van der Waals surface area contributed by atoms with Crippen LogP contribution in [-0.4, -0.2) is 34.7 Å². The predicted octanol–water partition coefficient (Wildman–Crippen LogP) is 2.21. The van der Waals surface area contributed by atoms with Crippen LogP contribution in [0, 0.1) is 12.8 Å². The number of aryl methyl sites for hydroxylation is 1. The van der Waals surface area contributed by atoms with Gasteiger partial charge in [-0.05, 0) is 44.9 Å². The number of aromatic nitrogens is 2. The van der Waals surface area contributed by atoms with Crippen molar-refractivity contribution in [3.63, 3.8) is 0 Å². The molecule has 3 rings (SSSR count). The van der Waals surface area contributed by atoms with Gasteiger partial charge in [-0.3, -0.25) is 4.90 Å². The molecule has 5 heteroatoms. The smallest absolute Gasteiger partial charge is 0.257 e. The van der Waals surface area contributed by atoms with E-state index in [0.717, 1.165) is 11.5 Å². The lowest BCUT2D eigenvalue weighted by molar-refractivity contribution is 0.208. The quantitative estimate of drug-likeness (QED) is 0.882. The predicted molar refractivity (Wildman–Crippen MR) is 81.5 cm³/mol. The highest BCUT2D eigenvalue weighted by atomic mass is 16.5. The van der Waals surface area contributed by atoms with E-state index in [1.165, 1.54) is 18.4 Å². The van der Waals surface area contributed by atoms with Crippen LogP contribution in [0.25, 0.3) is 11.5 Å². The summed E-state index contributed by atoms with van der Waals surface area (Å²) >= 11 is 0. The molecule has 1 aliphatic rings. The van der Waals surface area contributed by atoms with Crippen molar-refractivity contribution >= 4 is 0 Å². The molecule has 1 aromatic heterocycles. The molecule has 1 aromatic carbocycles. The van der Waals surface area contributed by atoms with Crippen LogP contribution in [0.2, 0.25) is 0 Å². The SMILES string of the molecule is Cc1cccc(-c2nc(CN(C)C(CN)C3CC3)no2)c1. The average Bonchev–Trinajstić information content (AvgIpc) is 3.18. The molecule has 0 spiro atoms. The minimum Gasteiger partial charge on any atom is -0.334 e. The largest absolute Gasteiger partial charge is 0.334 e. The summed E-state index contributed by atoms with van der Waals surface area (Å²) in [4.78, 5) is 6.74. The molecule has 1 heterocycles. The van der Waals surface area contributed by atoms with E-state index in [1.807, 2.05) is 18.2 Å². The molecule has 21 heavy (non-hydrogen) atoms. The van der Waals surface area contributed by atoms with Crippen LogP contribution in [0.5, 0.6) is 0 Å². The van der Waals surface area contributed by atoms with E-state index in [0.29, 0.717) is 30.8 Å². The molecular weight excluding hydrogens is 264 g/mol. The van der Waals surface area contributed by atoms with E-state index in [1.54, 1.807) is 0 Å². The summed E-state index contributed by atoms with van der Waals surface area (Å²) in [5, 5.41) is 4.09. The molecule has 1 unspecified atom stereocenters. The summed E-state index contributed by atoms with van der Waals surface area (Å²) in [5.41, 5.74) is 8.02. The first-order valence-corrected chi connectivity index (χ1v) is 7.47. The van der Waals surface area contributed by atoms with Gasteiger partial charge in [-0.25, -0.2) is 0 Å². The normalized spacial score (nSPS) is 16.4. The zero-order chi connectivity index (χ0) is 14.8. The molecule has 0 bridgehead atoms. The molecule has 112 valence electrons. The Morgan fingerprint density at radius 1 is 1.43 bits per heavy atom. The van der Waals surface area contributed by atoms with Crippen molar-refractivity contribution in [3.8, 4) is 11.5 Å². The van der Waals surface area contributed by atoms with Gasteiger partial charge in [-0.1, -0.05) is 22.9 Å². The van der Waals surface area contributed by atoms with Gasteiger partial charge in [0.25, 0.3) is 5.89 Å². The fourth-order valence-corrected chi connectivity index (χ4v) is 2.77. The molecule has 0 aliphatic heterocycles. The van der Waals surface area contributed by atoms with Crippen molar-refractivity contribution in [3.05, 3.63) is 35.7 Å². The topological polar surface area (TPSA) is 68.2 Å². The Hall–Kier alpha value is -1.72. The Morgan fingerprint density at radius 2 is 2.24 bits per heavy atom. The highest BCUT2D eigenvalue weighted by molar-refractivity contribution is 5.53. The second-order valence-electron chi connectivity index (χ2n) is 5.94. The number of rotatable bonds is 6. The maximum atomic E-state index is 5.88. The van der Waals surface area contributed by atoms with Crippen LogP contribution >= 0.6 is 0 Å². The first-order valence-electron chi connectivity index (χ1n) is 7.47. The third kappa shape index (κ3) is 3.31. The van der Waals surface area contributed by atoms with Gasteiger partial charge in [0.1, 0.15) is 0 Å². The van der Waals surface area contributed by atoms with Crippen LogP contribution in [-0.2, 0) is 6.54 Å². The van der Waals surface area contributed by atoms with Crippen LogP contribution in [0.3, 0.4) is 0 Å². The van der Waals surface area contributed by atoms with Crippen molar-refractivity contribution in [2.24, 2.45) is 11.7 Å². The molecule has 1 aliphatic carbocycles. The third-order valence-electron chi connectivity index (χ3n) is 4.10. The Kier molecular flexibility index (Phi) is 4.03. The first-order chi connectivity index (χ1) is 10.2. The van der Waals surface area contributed by atoms with Crippen LogP contribution < -0.4 is 5.73 Å². The van der Waals surface area contributed by atoms with E-state index in [9.17, 15) is 0 Å².